The van der Waals surface area contributed by atoms with Crippen LogP contribution in [0.3, 0.4) is 0 Å². The molecule has 1 saturated carbocycles. The zero-order valence-corrected chi connectivity index (χ0v) is 11.8. The second-order valence-corrected chi connectivity index (χ2v) is 5.85. The van der Waals surface area contributed by atoms with Crippen LogP contribution < -0.4 is 10.1 Å². The highest BCUT2D eigenvalue weighted by Crippen LogP contribution is 2.36. The van der Waals surface area contributed by atoms with Gasteiger partial charge in [-0.2, -0.15) is 0 Å². The van der Waals surface area contributed by atoms with Crippen LogP contribution >= 0.6 is 0 Å². The van der Waals surface area contributed by atoms with Gasteiger partial charge in [0.05, 0.1) is 0 Å². The lowest BCUT2D eigenvalue weighted by molar-refractivity contribution is 0.172. The molecule has 104 valence electrons. The van der Waals surface area contributed by atoms with E-state index >= 15 is 0 Å². The summed E-state index contributed by atoms with van der Waals surface area (Å²) in [5.74, 6) is 1.97. The molecule has 2 atom stereocenters. The quantitative estimate of drug-likeness (QED) is 0.849. The van der Waals surface area contributed by atoms with Gasteiger partial charge in [0.25, 0.3) is 0 Å². The molecule has 0 radical (unpaired) electrons. The van der Waals surface area contributed by atoms with Crippen molar-refractivity contribution in [2.24, 2.45) is 5.92 Å². The molecule has 1 N–H and O–H groups in total. The maximum Gasteiger partial charge on any atom is 0.119 e. The van der Waals surface area contributed by atoms with Crippen LogP contribution in [0.5, 0.6) is 5.75 Å². The lowest BCUT2D eigenvalue weighted by Gasteiger charge is -2.26. The van der Waals surface area contributed by atoms with E-state index in [1.54, 1.807) is 0 Å². The minimum absolute atomic E-state index is 0.812. The smallest absolute Gasteiger partial charge is 0.119 e. The van der Waals surface area contributed by atoms with Crippen LogP contribution in [0.25, 0.3) is 0 Å². The van der Waals surface area contributed by atoms with E-state index in [4.69, 9.17) is 4.74 Å². The van der Waals surface area contributed by atoms with Crippen LogP contribution in [0.2, 0.25) is 0 Å². The maximum atomic E-state index is 5.89. The summed E-state index contributed by atoms with van der Waals surface area (Å²) < 4.78 is 5.89. The highest BCUT2D eigenvalue weighted by atomic mass is 16.5. The van der Waals surface area contributed by atoms with Crippen LogP contribution in [0.4, 0.5) is 0 Å². The Hall–Kier alpha value is -1.06. The number of ether oxygens (including phenoxy) is 1. The fourth-order valence-corrected chi connectivity index (χ4v) is 3.53. The molecule has 1 aliphatic heterocycles. The van der Waals surface area contributed by atoms with Crippen molar-refractivity contribution in [3.8, 4) is 5.75 Å². The first-order valence-corrected chi connectivity index (χ1v) is 7.45. The van der Waals surface area contributed by atoms with Crippen molar-refractivity contribution in [2.45, 2.75) is 31.8 Å². The van der Waals surface area contributed by atoms with E-state index in [2.05, 4.69) is 34.5 Å². The molecule has 2 bridgehead atoms. The second-order valence-electron chi connectivity index (χ2n) is 5.85. The topological polar surface area (TPSA) is 24.5 Å². The van der Waals surface area contributed by atoms with Gasteiger partial charge in [-0.1, -0.05) is 12.1 Å². The lowest BCUT2D eigenvalue weighted by Crippen LogP contribution is -2.35. The average Bonchev–Trinajstić information content (AvgIpc) is 3.02. The van der Waals surface area contributed by atoms with E-state index in [1.807, 2.05) is 7.05 Å². The van der Waals surface area contributed by atoms with Gasteiger partial charge in [-0.15, -0.1) is 0 Å². The number of piperidine rings is 1. The Kier molecular flexibility index (Phi) is 4.04. The van der Waals surface area contributed by atoms with Gasteiger partial charge in [0, 0.05) is 25.7 Å². The third kappa shape index (κ3) is 3.10. The number of likely N-dealkylation sites (tertiary alicyclic amines) is 1. The number of rotatable bonds is 6. The Morgan fingerprint density at radius 3 is 3.05 bits per heavy atom. The Labute approximate surface area is 115 Å². The Morgan fingerprint density at radius 2 is 2.32 bits per heavy atom. The molecule has 2 aliphatic rings. The van der Waals surface area contributed by atoms with Crippen molar-refractivity contribution < 1.29 is 4.74 Å². The molecule has 0 spiro atoms. The molecule has 1 aliphatic carbocycles. The van der Waals surface area contributed by atoms with Crippen LogP contribution in [-0.2, 0) is 6.54 Å². The van der Waals surface area contributed by atoms with Gasteiger partial charge < -0.3 is 10.1 Å². The van der Waals surface area contributed by atoms with E-state index in [0.717, 1.165) is 37.4 Å². The minimum Gasteiger partial charge on any atom is -0.492 e. The summed E-state index contributed by atoms with van der Waals surface area (Å²) in [6, 6.07) is 9.23. The number of nitrogens with one attached hydrogen (secondary N) is 1. The summed E-state index contributed by atoms with van der Waals surface area (Å²) in [7, 11) is 1.97. The predicted octanol–water partition coefficient (Wildman–Crippen LogP) is 2.27. The molecule has 0 aromatic heterocycles. The van der Waals surface area contributed by atoms with Gasteiger partial charge in [-0.3, -0.25) is 4.90 Å². The first kappa shape index (κ1) is 12.9. The molecule has 3 heteroatoms. The highest BCUT2D eigenvalue weighted by Gasteiger charge is 2.37. The molecule has 19 heavy (non-hydrogen) atoms. The Bertz CT molecular complexity index is 421. The summed E-state index contributed by atoms with van der Waals surface area (Å²) >= 11 is 0. The van der Waals surface area contributed by atoms with Gasteiger partial charge in [0.2, 0.25) is 0 Å². The SMILES string of the molecule is CNCc1cccc(OCCN2CC3CCC2C3)c1. The van der Waals surface area contributed by atoms with Crippen LogP contribution in [0, 0.1) is 5.92 Å². The fraction of sp³-hybridized carbons (Fsp3) is 0.625. The van der Waals surface area contributed by atoms with Crippen molar-refractivity contribution in [3.63, 3.8) is 0 Å². The Balaban J connectivity index is 1.45. The van der Waals surface area contributed by atoms with E-state index in [9.17, 15) is 0 Å². The summed E-state index contributed by atoms with van der Waals surface area (Å²) in [6.07, 6.45) is 4.29. The first-order chi connectivity index (χ1) is 9.35. The van der Waals surface area contributed by atoms with E-state index in [1.165, 1.54) is 31.4 Å². The highest BCUT2D eigenvalue weighted by molar-refractivity contribution is 5.28. The molecule has 2 unspecified atom stereocenters. The monoisotopic (exact) mass is 260 g/mol. The minimum atomic E-state index is 0.812. The molecule has 0 amide bonds. The number of hydrogen-bond acceptors (Lipinski definition) is 3. The summed E-state index contributed by atoms with van der Waals surface area (Å²) in [4.78, 5) is 2.62. The van der Waals surface area contributed by atoms with E-state index < -0.39 is 0 Å². The summed E-state index contributed by atoms with van der Waals surface area (Å²) in [5.41, 5.74) is 1.28. The third-order valence-corrected chi connectivity index (χ3v) is 4.45. The third-order valence-electron chi connectivity index (χ3n) is 4.45. The molecule has 1 aromatic rings. The Morgan fingerprint density at radius 1 is 1.37 bits per heavy atom. The summed E-state index contributed by atoms with van der Waals surface area (Å²) in [6.45, 7) is 4.09. The van der Waals surface area contributed by atoms with E-state index in [0.29, 0.717) is 0 Å². The van der Waals surface area contributed by atoms with Crippen LogP contribution in [0.1, 0.15) is 24.8 Å². The molecule has 1 aromatic carbocycles. The maximum absolute atomic E-state index is 5.89. The molecular formula is C16H24N2O. The predicted molar refractivity (Wildman–Crippen MR) is 77.4 cm³/mol. The zero-order chi connectivity index (χ0) is 13.1. The van der Waals surface area contributed by atoms with Crippen molar-refractivity contribution in [1.82, 2.24) is 10.2 Å². The van der Waals surface area contributed by atoms with E-state index in [-0.39, 0.29) is 0 Å². The van der Waals surface area contributed by atoms with Crippen molar-refractivity contribution in [3.05, 3.63) is 29.8 Å². The van der Waals surface area contributed by atoms with Crippen LogP contribution in [0.15, 0.2) is 24.3 Å². The normalized spacial score (nSPS) is 25.9. The number of nitrogens with zero attached hydrogens (tertiary/aromatic N) is 1. The number of benzene rings is 1. The molecular weight excluding hydrogens is 236 g/mol. The molecule has 3 nitrogen and oxygen atoms in total. The standard InChI is InChI=1S/C16H24N2O/c1-17-11-13-3-2-4-16(10-13)19-8-7-18-12-14-5-6-15(18)9-14/h2-4,10,14-15,17H,5-9,11-12H2,1H3. The van der Waals surface area contributed by atoms with Crippen molar-refractivity contribution >= 4 is 0 Å². The molecule has 1 heterocycles. The average molecular weight is 260 g/mol. The fourth-order valence-electron chi connectivity index (χ4n) is 3.53. The second kappa shape index (κ2) is 5.93. The molecule has 2 fully saturated rings. The largest absolute Gasteiger partial charge is 0.492 e. The van der Waals surface area contributed by atoms with Gasteiger partial charge in [0.15, 0.2) is 0 Å². The van der Waals surface area contributed by atoms with Crippen molar-refractivity contribution in [1.29, 1.82) is 0 Å². The molecule has 3 rings (SSSR count). The van der Waals surface area contributed by atoms with Gasteiger partial charge in [-0.25, -0.2) is 0 Å². The molecule has 1 saturated heterocycles. The van der Waals surface area contributed by atoms with Gasteiger partial charge >= 0.3 is 0 Å². The lowest BCUT2D eigenvalue weighted by atomic mass is 10.1. The number of fused-ring (bicyclic) bond motifs is 2. The van der Waals surface area contributed by atoms with Crippen LogP contribution in [-0.4, -0.2) is 37.7 Å². The number of hydrogen-bond donors (Lipinski definition) is 1. The van der Waals surface area contributed by atoms with Gasteiger partial charge in [0.1, 0.15) is 12.4 Å². The summed E-state index contributed by atoms with van der Waals surface area (Å²) in [5, 5.41) is 3.17. The van der Waals surface area contributed by atoms with Crippen molar-refractivity contribution in [2.75, 3.05) is 26.7 Å². The first-order valence-electron chi connectivity index (χ1n) is 7.45. The zero-order valence-electron chi connectivity index (χ0n) is 11.8. The van der Waals surface area contributed by atoms with Gasteiger partial charge in [-0.05, 0) is 49.9 Å².